The smallest absolute Gasteiger partial charge is 0.227 e. The average Bonchev–Trinajstić information content (AvgIpc) is 3.38. The topological polar surface area (TPSA) is 93.3 Å². The van der Waals surface area contributed by atoms with Crippen LogP contribution >= 0.6 is 0 Å². The maximum absolute atomic E-state index is 12.2. The third-order valence-electron chi connectivity index (χ3n) is 5.53. The number of aromatic amines is 1. The third kappa shape index (κ3) is 3.15. The Morgan fingerprint density at radius 1 is 1.09 bits per heavy atom. The van der Waals surface area contributed by atoms with Crippen molar-refractivity contribution in [2.75, 3.05) is 7.11 Å². The van der Waals surface area contributed by atoms with E-state index in [9.17, 15) is 9.90 Å². The zero-order valence-corrected chi connectivity index (χ0v) is 17.8. The summed E-state index contributed by atoms with van der Waals surface area (Å²) in [5, 5.41) is 11.6. The molecule has 0 saturated heterocycles. The molecule has 5 rings (SSSR count). The van der Waals surface area contributed by atoms with Gasteiger partial charge in [-0.1, -0.05) is 18.2 Å². The number of H-pyrrole nitrogens is 1. The standard InChI is InChI=1S/C25H21N3O4/c1-14-12-20(29)23(30)24(32-14)22-21(15-8-10-17(31-3)11-9-15)26-25(27-22)19-13-16-6-4-5-7-18(16)28(19)2/h4-13,30H,1-3H3,(H,26,27). The van der Waals surface area contributed by atoms with Crippen LogP contribution in [-0.4, -0.2) is 26.8 Å². The largest absolute Gasteiger partial charge is 0.501 e. The maximum Gasteiger partial charge on any atom is 0.227 e. The Bertz CT molecular complexity index is 1510. The van der Waals surface area contributed by atoms with E-state index in [0.29, 0.717) is 28.7 Å². The number of hydrogen-bond donors (Lipinski definition) is 2. The molecule has 7 nitrogen and oxygen atoms in total. The lowest BCUT2D eigenvalue weighted by molar-refractivity contribution is 0.415. The van der Waals surface area contributed by atoms with Crippen LogP contribution in [0, 0.1) is 6.92 Å². The third-order valence-corrected chi connectivity index (χ3v) is 5.53. The van der Waals surface area contributed by atoms with Crippen LogP contribution in [0.5, 0.6) is 11.5 Å². The SMILES string of the molecule is COc1ccc(-c2nc(-c3cc4ccccc4n3C)[nH]c2-c2oc(C)cc(=O)c2O)cc1. The van der Waals surface area contributed by atoms with Gasteiger partial charge in [-0.25, -0.2) is 4.98 Å². The molecule has 0 aliphatic heterocycles. The van der Waals surface area contributed by atoms with Gasteiger partial charge in [0.05, 0.1) is 12.8 Å². The van der Waals surface area contributed by atoms with E-state index >= 15 is 0 Å². The van der Waals surface area contributed by atoms with E-state index in [1.807, 2.05) is 66.2 Å². The van der Waals surface area contributed by atoms with Crippen LogP contribution in [0.2, 0.25) is 0 Å². The normalized spacial score (nSPS) is 11.2. The average molecular weight is 427 g/mol. The Labute approximate surface area is 183 Å². The van der Waals surface area contributed by atoms with E-state index in [0.717, 1.165) is 22.2 Å². The lowest BCUT2D eigenvalue weighted by atomic mass is 10.1. The van der Waals surface area contributed by atoms with Crippen molar-refractivity contribution >= 4 is 10.9 Å². The van der Waals surface area contributed by atoms with Gasteiger partial charge >= 0.3 is 0 Å². The maximum atomic E-state index is 12.2. The minimum atomic E-state index is -0.509. The second kappa shape index (κ2) is 7.46. The van der Waals surface area contributed by atoms with Crippen LogP contribution in [0.15, 0.2) is 69.9 Å². The molecule has 0 atom stereocenters. The summed E-state index contributed by atoms with van der Waals surface area (Å²) in [6.45, 7) is 1.67. The highest BCUT2D eigenvalue weighted by atomic mass is 16.5. The number of ether oxygens (including phenoxy) is 1. The van der Waals surface area contributed by atoms with Crippen LogP contribution in [0.3, 0.4) is 0 Å². The Morgan fingerprint density at radius 3 is 2.56 bits per heavy atom. The minimum Gasteiger partial charge on any atom is -0.501 e. The molecule has 0 amide bonds. The summed E-state index contributed by atoms with van der Waals surface area (Å²) >= 11 is 0. The van der Waals surface area contributed by atoms with Crippen molar-refractivity contribution in [3.05, 3.63) is 76.6 Å². The van der Waals surface area contributed by atoms with E-state index in [1.165, 1.54) is 6.07 Å². The number of para-hydroxylation sites is 1. The van der Waals surface area contributed by atoms with E-state index in [1.54, 1.807) is 14.0 Å². The lowest BCUT2D eigenvalue weighted by Crippen LogP contribution is -2.01. The molecule has 7 heteroatoms. The summed E-state index contributed by atoms with van der Waals surface area (Å²) in [4.78, 5) is 20.4. The highest BCUT2D eigenvalue weighted by Gasteiger charge is 2.23. The summed E-state index contributed by atoms with van der Waals surface area (Å²) in [6.07, 6.45) is 0. The molecule has 2 aromatic carbocycles. The van der Waals surface area contributed by atoms with Gasteiger partial charge in [-0.3, -0.25) is 4.79 Å². The first-order valence-electron chi connectivity index (χ1n) is 10.1. The van der Waals surface area contributed by atoms with Gasteiger partial charge in [0.25, 0.3) is 0 Å². The molecular formula is C25H21N3O4. The van der Waals surface area contributed by atoms with Gasteiger partial charge < -0.3 is 23.8 Å². The predicted molar refractivity (Wildman–Crippen MR) is 123 cm³/mol. The second-order valence-electron chi connectivity index (χ2n) is 7.58. The van der Waals surface area contributed by atoms with Crippen molar-refractivity contribution in [2.45, 2.75) is 6.92 Å². The number of benzene rings is 2. The molecule has 0 bridgehead atoms. The molecule has 0 fully saturated rings. The van der Waals surface area contributed by atoms with Crippen molar-refractivity contribution in [3.63, 3.8) is 0 Å². The molecule has 0 spiro atoms. The lowest BCUT2D eigenvalue weighted by Gasteiger charge is -2.06. The van der Waals surface area contributed by atoms with Gasteiger partial charge in [0.15, 0.2) is 11.6 Å². The first-order chi connectivity index (χ1) is 15.5. The van der Waals surface area contributed by atoms with E-state index in [4.69, 9.17) is 14.1 Å². The van der Waals surface area contributed by atoms with Crippen molar-refractivity contribution in [1.29, 1.82) is 0 Å². The van der Waals surface area contributed by atoms with Gasteiger partial charge in [-0.05, 0) is 43.3 Å². The summed E-state index contributed by atoms with van der Waals surface area (Å²) < 4.78 is 13.1. The Balaban J connectivity index is 1.77. The summed E-state index contributed by atoms with van der Waals surface area (Å²) in [5.74, 6) is 1.29. The molecule has 5 aromatic rings. The number of imidazole rings is 1. The molecule has 3 heterocycles. The molecular weight excluding hydrogens is 406 g/mol. The van der Waals surface area contributed by atoms with Crippen LogP contribution in [0.25, 0.3) is 45.1 Å². The number of rotatable bonds is 4. The molecule has 0 aliphatic rings. The van der Waals surface area contributed by atoms with Crippen LogP contribution < -0.4 is 10.2 Å². The van der Waals surface area contributed by atoms with Gasteiger partial charge in [0.1, 0.15) is 22.9 Å². The Morgan fingerprint density at radius 2 is 1.84 bits per heavy atom. The van der Waals surface area contributed by atoms with Crippen LogP contribution in [-0.2, 0) is 7.05 Å². The first kappa shape index (κ1) is 19.7. The van der Waals surface area contributed by atoms with E-state index in [-0.39, 0.29) is 5.76 Å². The van der Waals surface area contributed by atoms with Crippen molar-refractivity contribution in [2.24, 2.45) is 7.05 Å². The molecule has 0 radical (unpaired) electrons. The zero-order valence-electron chi connectivity index (χ0n) is 17.8. The predicted octanol–water partition coefficient (Wildman–Crippen LogP) is 4.88. The fraction of sp³-hybridized carbons (Fsp3) is 0.120. The van der Waals surface area contributed by atoms with Crippen molar-refractivity contribution in [3.8, 4) is 45.7 Å². The van der Waals surface area contributed by atoms with Gasteiger partial charge in [-0.15, -0.1) is 0 Å². The monoisotopic (exact) mass is 427 g/mol. The van der Waals surface area contributed by atoms with Crippen molar-refractivity contribution < 1.29 is 14.3 Å². The first-order valence-corrected chi connectivity index (χ1v) is 10.1. The van der Waals surface area contributed by atoms with E-state index < -0.39 is 11.2 Å². The minimum absolute atomic E-state index is 0.0540. The highest BCUT2D eigenvalue weighted by Crippen LogP contribution is 2.37. The van der Waals surface area contributed by atoms with Gasteiger partial charge in [0, 0.05) is 29.6 Å². The Kier molecular flexibility index (Phi) is 4.59. The molecule has 0 aliphatic carbocycles. The zero-order chi connectivity index (χ0) is 22.4. The molecule has 0 saturated carbocycles. The number of aryl methyl sites for hydroxylation is 2. The summed E-state index contributed by atoms with van der Waals surface area (Å²) in [7, 11) is 3.57. The molecule has 3 aromatic heterocycles. The number of nitrogens with zero attached hydrogens (tertiary/aromatic N) is 2. The molecule has 2 N–H and O–H groups in total. The van der Waals surface area contributed by atoms with Gasteiger partial charge in [-0.2, -0.15) is 0 Å². The quantitative estimate of drug-likeness (QED) is 0.426. The second-order valence-corrected chi connectivity index (χ2v) is 7.58. The summed E-state index contributed by atoms with van der Waals surface area (Å²) in [5.41, 5.74) is 3.18. The number of hydrogen-bond acceptors (Lipinski definition) is 5. The number of methoxy groups -OCH3 is 1. The molecule has 32 heavy (non-hydrogen) atoms. The molecule has 160 valence electrons. The van der Waals surface area contributed by atoms with E-state index in [2.05, 4.69) is 4.98 Å². The fourth-order valence-electron chi connectivity index (χ4n) is 3.91. The summed E-state index contributed by atoms with van der Waals surface area (Å²) in [6, 6.07) is 18.8. The number of aromatic hydroxyl groups is 1. The van der Waals surface area contributed by atoms with Gasteiger partial charge in [0.2, 0.25) is 11.2 Å². The van der Waals surface area contributed by atoms with Crippen LogP contribution in [0.4, 0.5) is 0 Å². The van der Waals surface area contributed by atoms with Crippen LogP contribution in [0.1, 0.15) is 5.76 Å². The number of aromatic nitrogens is 3. The molecule has 0 unspecified atom stereocenters. The Hall–Kier alpha value is -4.26. The highest BCUT2D eigenvalue weighted by molar-refractivity contribution is 5.87. The number of fused-ring (bicyclic) bond motifs is 1. The number of nitrogens with one attached hydrogen (secondary N) is 1. The fourth-order valence-corrected chi connectivity index (χ4v) is 3.91. The van der Waals surface area contributed by atoms with Crippen molar-refractivity contribution in [1.82, 2.24) is 14.5 Å².